The zero-order chi connectivity index (χ0) is 26.0. The third-order valence-corrected chi connectivity index (χ3v) is 5.97. The van der Waals surface area contributed by atoms with Gasteiger partial charge in [-0.05, 0) is 42.7 Å². The number of carbonyl (C=O) groups is 1. The standard InChI is InChI=1S/C26H25F3N4O3/c1-15-11-19-12-21(35-3)22(36-4)13-20(19)24(32-33(15)25(34)30-2)17-7-5-16(6-8-17)18-9-10-23(31-14-18)26(27,28)29/h5-10,12-15H,11H2,1-4H3,(H,30,34). The molecule has 36 heavy (non-hydrogen) atoms. The van der Waals surface area contributed by atoms with E-state index < -0.39 is 11.9 Å². The summed E-state index contributed by atoms with van der Waals surface area (Å²) in [6.07, 6.45) is -2.77. The van der Waals surface area contributed by atoms with E-state index in [4.69, 9.17) is 14.6 Å². The Labute approximate surface area is 206 Å². The van der Waals surface area contributed by atoms with Crippen molar-refractivity contribution in [2.45, 2.75) is 25.6 Å². The molecule has 188 valence electrons. The van der Waals surface area contributed by atoms with E-state index in [1.807, 2.05) is 31.2 Å². The number of amides is 2. The van der Waals surface area contributed by atoms with Crippen molar-refractivity contribution in [1.29, 1.82) is 0 Å². The summed E-state index contributed by atoms with van der Waals surface area (Å²) >= 11 is 0. The highest BCUT2D eigenvalue weighted by atomic mass is 19.4. The molecular formula is C26H25F3N4O3. The van der Waals surface area contributed by atoms with Gasteiger partial charge in [0.15, 0.2) is 11.5 Å². The number of hydrogen-bond acceptors (Lipinski definition) is 5. The first-order chi connectivity index (χ1) is 17.2. The molecule has 2 amide bonds. The van der Waals surface area contributed by atoms with Gasteiger partial charge in [-0.25, -0.2) is 9.80 Å². The van der Waals surface area contributed by atoms with E-state index in [-0.39, 0.29) is 12.1 Å². The van der Waals surface area contributed by atoms with E-state index in [1.54, 1.807) is 33.4 Å². The Hall–Kier alpha value is -4.08. The predicted molar refractivity (Wildman–Crippen MR) is 129 cm³/mol. The lowest BCUT2D eigenvalue weighted by molar-refractivity contribution is -0.141. The number of benzene rings is 2. The number of aromatic nitrogens is 1. The van der Waals surface area contributed by atoms with Crippen LogP contribution in [0.2, 0.25) is 0 Å². The molecular weight excluding hydrogens is 473 g/mol. The summed E-state index contributed by atoms with van der Waals surface area (Å²) in [5.41, 5.74) is 3.28. The van der Waals surface area contributed by atoms with Crippen molar-refractivity contribution in [3.63, 3.8) is 0 Å². The van der Waals surface area contributed by atoms with Crippen molar-refractivity contribution in [1.82, 2.24) is 15.3 Å². The molecule has 2 heterocycles. The number of rotatable bonds is 4. The zero-order valence-corrected chi connectivity index (χ0v) is 20.2. The number of methoxy groups -OCH3 is 2. The fourth-order valence-corrected chi connectivity index (χ4v) is 4.10. The van der Waals surface area contributed by atoms with Crippen LogP contribution >= 0.6 is 0 Å². The molecule has 1 aliphatic heterocycles. The third-order valence-electron chi connectivity index (χ3n) is 5.97. The molecule has 0 saturated carbocycles. The molecule has 7 nitrogen and oxygen atoms in total. The van der Waals surface area contributed by atoms with Crippen molar-refractivity contribution in [3.05, 3.63) is 77.1 Å². The van der Waals surface area contributed by atoms with Crippen molar-refractivity contribution in [2.24, 2.45) is 5.10 Å². The van der Waals surface area contributed by atoms with Gasteiger partial charge in [0, 0.05) is 29.9 Å². The number of nitrogens with zero attached hydrogens (tertiary/aromatic N) is 3. The number of ether oxygens (including phenoxy) is 2. The monoisotopic (exact) mass is 498 g/mol. The van der Waals surface area contributed by atoms with Crippen LogP contribution < -0.4 is 14.8 Å². The largest absolute Gasteiger partial charge is 0.493 e. The van der Waals surface area contributed by atoms with Crippen LogP contribution in [0.3, 0.4) is 0 Å². The Morgan fingerprint density at radius 3 is 2.17 bits per heavy atom. The summed E-state index contributed by atoms with van der Waals surface area (Å²) in [4.78, 5) is 16.2. The van der Waals surface area contributed by atoms with E-state index in [1.165, 1.54) is 17.3 Å². The highest BCUT2D eigenvalue weighted by molar-refractivity contribution is 6.14. The van der Waals surface area contributed by atoms with Gasteiger partial charge in [0.2, 0.25) is 0 Å². The Balaban J connectivity index is 1.79. The number of fused-ring (bicyclic) bond motifs is 1. The second kappa shape index (κ2) is 9.88. The topological polar surface area (TPSA) is 76.1 Å². The summed E-state index contributed by atoms with van der Waals surface area (Å²) < 4.78 is 49.5. The lowest BCUT2D eigenvalue weighted by Gasteiger charge is -2.22. The molecule has 0 fully saturated rings. The summed E-state index contributed by atoms with van der Waals surface area (Å²) in [5.74, 6) is 1.10. The van der Waals surface area contributed by atoms with Gasteiger partial charge in [0.1, 0.15) is 5.69 Å². The number of carbonyl (C=O) groups excluding carboxylic acids is 1. The number of nitrogens with one attached hydrogen (secondary N) is 1. The van der Waals surface area contributed by atoms with Crippen LogP contribution in [-0.2, 0) is 12.6 Å². The van der Waals surface area contributed by atoms with Crippen LogP contribution in [0.4, 0.5) is 18.0 Å². The third kappa shape index (κ3) is 4.84. The molecule has 1 atom stereocenters. The molecule has 0 radical (unpaired) electrons. The number of halogens is 3. The molecule has 1 aromatic heterocycles. The van der Waals surface area contributed by atoms with Crippen LogP contribution in [-0.4, -0.2) is 49.0 Å². The van der Waals surface area contributed by atoms with E-state index in [0.717, 1.165) is 22.8 Å². The number of urea groups is 1. The van der Waals surface area contributed by atoms with E-state index in [2.05, 4.69) is 10.3 Å². The number of alkyl halides is 3. The molecule has 1 N–H and O–H groups in total. The first kappa shape index (κ1) is 25.0. The van der Waals surface area contributed by atoms with E-state index in [9.17, 15) is 18.0 Å². The normalized spacial score (nSPS) is 15.5. The van der Waals surface area contributed by atoms with Gasteiger partial charge >= 0.3 is 12.2 Å². The Morgan fingerprint density at radius 2 is 1.61 bits per heavy atom. The van der Waals surface area contributed by atoms with Crippen molar-refractivity contribution in [3.8, 4) is 22.6 Å². The summed E-state index contributed by atoms with van der Waals surface area (Å²) in [6.45, 7) is 1.91. The zero-order valence-electron chi connectivity index (χ0n) is 20.2. The van der Waals surface area contributed by atoms with Crippen LogP contribution in [0.15, 0.2) is 59.8 Å². The Kier molecular flexibility index (Phi) is 6.87. The quantitative estimate of drug-likeness (QED) is 0.542. The van der Waals surface area contributed by atoms with Gasteiger partial charge in [0.25, 0.3) is 0 Å². The van der Waals surface area contributed by atoms with E-state index in [0.29, 0.717) is 34.8 Å². The van der Waals surface area contributed by atoms with Crippen molar-refractivity contribution < 1.29 is 27.4 Å². The maximum absolute atomic E-state index is 12.9. The molecule has 1 aliphatic rings. The van der Waals surface area contributed by atoms with Gasteiger partial charge in [-0.2, -0.15) is 18.3 Å². The summed E-state index contributed by atoms with van der Waals surface area (Å²) in [5, 5.41) is 8.75. The molecule has 0 bridgehead atoms. The molecule has 1 unspecified atom stereocenters. The summed E-state index contributed by atoms with van der Waals surface area (Å²) in [7, 11) is 4.65. The second-order valence-electron chi connectivity index (χ2n) is 8.27. The fraction of sp³-hybridized carbons (Fsp3) is 0.269. The number of pyridine rings is 1. The average Bonchev–Trinajstić information content (AvgIpc) is 3.02. The van der Waals surface area contributed by atoms with Gasteiger partial charge in [-0.15, -0.1) is 0 Å². The summed E-state index contributed by atoms with van der Waals surface area (Å²) in [6, 6.07) is 12.6. The van der Waals surface area contributed by atoms with Crippen LogP contribution in [0, 0.1) is 0 Å². The predicted octanol–water partition coefficient (Wildman–Crippen LogP) is 5.12. The van der Waals surface area contributed by atoms with Crippen molar-refractivity contribution in [2.75, 3.05) is 21.3 Å². The van der Waals surface area contributed by atoms with Gasteiger partial charge in [0.05, 0.1) is 26.0 Å². The second-order valence-corrected chi connectivity index (χ2v) is 8.27. The van der Waals surface area contributed by atoms with Gasteiger partial charge < -0.3 is 14.8 Å². The molecule has 2 aromatic carbocycles. The number of hydrazone groups is 1. The lowest BCUT2D eigenvalue weighted by Crippen LogP contribution is -2.41. The number of hydrogen-bond donors (Lipinski definition) is 1. The molecule has 4 rings (SSSR count). The van der Waals surface area contributed by atoms with Crippen LogP contribution in [0.5, 0.6) is 11.5 Å². The van der Waals surface area contributed by atoms with Gasteiger partial charge in [-0.3, -0.25) is 4.98 Å². The van der Waals surface area contributed by atoms with Crippen molar-refractivity contribution >= 4 is 11.7 Å². The van der Waals surface area contributed by atoms with Crippen LogP contribution in [0.25, 0.3) is 11.1 Å². The SMILES string of the molecule is CNC(=O)N1N=C(c2ccc(-c3ccc(C(F)(F)F)nc3)cc2)c2cc(OC)c(OC)cc2CC1C. The molecule has 0 spiro atoms. The molecule has 0 saturated heterocycles. The van der Waals surface area contributed by atoms with E-state index >= 15 is 0 Å². The first-order valence-electron chi connectivity index (χ1n) is 11.1. The molecule has 3 aromatic rings. The smallest absolute Gasteiger partial charge is 0.433 e. The molecule has 0 aliphatic carbocycles. The first-order valence-corrected chi connectivity index (χ1v) is 11.1. The lowest BCUT2D eigenvalue weighted by atomic mass is 9.93. The minimum absolute atomic E-state index is 0.239. The maximum Gasteiger partial charge on any atom is 0.433 e. The Bertz CT molecular complexity index is 1290. The minimum atomic E-state index is -4.50. The minimum Gasteiger partial charge on any atom is -0.493 e. The highest BCUT2D eigenvalue weighted by Crippen LogP contribution is 2.35. The maximum atomic E-state index is 12.9. The van der Waals surface area contributed by atoms with Crippen LogP contribution in [0.1, 0.15) is 29.3 Å². The Morgan fingerprint density at radius 1 is 1.00 bits per heavy atom. The molecule has 10 heteroatoms. The fourth-order valence-electron chi connectivity index (χ4n) is 4.10. The average molecular weight is 499 g/mol. The van der Waals surface area contributed by atoms with Gasteiger partial charge in [-0.1, -0.05) is 30.3 Å². The highest BCUT2D eigenvalue weighted by Gasteiger charge is 2.32.